The van der Waals surface area contributed by atoms with Gasteiger partial charge in [0.2, 0.25) is 0 Å². The molecule has 0 saturated heterocycles. The van der Waals surface area contributed by atoms with Crippen LogP contribution in [0.4, 0.5) is 0 Å². The van der Waals surface area contributed by atoms with Crippen LogP contribution in [0.2, 0.25) is 0 Å². The molecular weight excluding hydrogens is 402 g/mol. The number of hydrazone groups is 1. The van der Waals surface area contributed by atoms with E-state index in [9.17, 15) is 4.79 Å². The van der Waals surface area contributed by atoms with Crippen LogP contribution in [0.3, 0.4) is 0 Å². The highest BCUT2D eigenvalue weighted by molar-refractivity contribution is 5.92. The molecular formula is C26H25N3O3. The average Bonchev–Trinajstić information content (AvgIpc) is 3.40. The molecule has 0 aliphatic rings. The smallest absolute Gasteiger partial charge is 0.307 e. The molecule has 2 heterocycles. The Balaban J connectivity index is 1.32. The maximum atomic E-state index is 12.3. The molecule has 0 atom stereocenters. The standard InChI is InChI=1S/C26H25N3O3/c1-18-6-4-5-7-21(18)16-27-28-26(30)25-15-14-24(32-25)17-31-23-12-10-22(11-13-23)29-19(2)8-9-20(29)3/h4-16H,17H2,1-3H3,(H,28,30)/b27-16+. The molecule has 0 aliphatic carbocycles. The van der Waals surface area contributed by atoms with Crippen molar-refractivity contribution < 1.29 is 13.9 Å². The Hall–Kier alpha value is -4.06. The molecule has 0 saturated carbocycles. The molecule has 32 heavy (non-hydrogen) atoms. The zero-order chi connectivity index (χ0) is 22.5. The lowest BCUT2D eigenvalue weighted by atomic mass is 10.1. The van der Waals surface area contributed by atoms with Crippen molar-refractivity contribution in [1.82, 2.24) is 9.99 Å². The van der Waals surface area contributed by atoms with Crippen molar-refractivity contribution in [2.75, 3.05) is 0 Å². The molecule has 0 aliphatic heterocycles. The molecule has 1 amide bonds. The van der Waals surface area contributed by atoms with Crippen LogP contribution in [0.1, 0.15) is 38.8 Å². The lowest BCUT2D eigenvalue weighted by Crippen LogP contribution is -2.16. The van der Waals surface area contributed by atoms with Gasteiger partial charge in [0.1, 0.15) is 18.1 Å². The summed E-state index contributed by atoms with van der Waals surface area (Å²) in [4.78, 5) is 12.3. The number of ether oxygens (including phenoxy) is 1. The highest BCUT2D eigenvalue weighted by Gasteiger charge is 2.11. The number of aromatic nitrogens is 1. The SMILES string of the molecule is Cc1ccccc1/C=N/NC(=O)c1ccc(COc2ccc(-n3c(C)ccc3C)cc2)o1. The summed E-state index contributed by atoms with van der Waals surface area (Å²) >= 11 is 0. The minimum atomic E-state index is -0.414. The van der Waals surface area contributed by atoms with Gasteiger partial charge in [0.05, 0.1) is 6.21 Å². The van der Waals surface area contributed by atoms with Gasteiger partial charge in [0.25, 0.3) is 0 Å². The van der Waals surface area contributed by atoms with Crippen LogP contribution in [-0.4, -0.2) is 16.7 Å². The number of hydrogen-bond acceptors (Lipinski definition) is 4. The van der Waals surface area contributed by atoms with Crippen LogP contribution in [-0.2, 0) is 6.61 Å². The Kier molecular flexibility index (Phi) is 6.22. The van der Waals surface area contributed by atoms with E-state index >= 15 is 0 Å². The molecule has 162 valence electrons. The second kappa shape index (κ2) is 9.39. The molecule has 2 aromatic carbocycles. The first-order chi connectivity index (χ1) is 15.5. The van der Waals surface area contributed by atoms with Crippen molar-refractivity contribution in [3.8, 4) is 11.4 Å². The summed E-state index contributed by atoms with van der Waals surface area (Å²) in [6.45, 7) is 6.37. The van der Waals surface area contributed by atoms with E-state index in [4.69, 9.17) is 9.15 Å². The van der Waals surface area contributed by atoms with Gasteiger partial charge < -0.3 is 13.7 Å². The molecule has 0 radical (unpaired) electrons. The minimum Gasteiger partial charge on any atom is -0.486 e. The van der Waals surface area contributed by atoms with Gasteiger partial charge in [-0.25, -0.2) is 5.43 Å². The average molecular weight is 428 g/mol. The molecule has 0 fully saturated rings. The second-order valence-electron chi connectivity index (χ2n) is 7.56. The van der Waals surface area contributed by atoms with Crippen LogP contribution in [0.5, 0.6) is 5.75 Å². The first-order valence-electron chi connectivity index (χ1n) is 10.4. The van der Waals surface area contributed by atoms with E-state index in [1.165, 1.54) is 11.4 Å². The third-order valence-electron chi connectivity index (χ3n) is 5.19. The summed E-state index contributed by atoms with van der Waals surface area (Å²) in [7, 11) is 0. The van der Waals surface area contributed by atoms with E-state index in [1.54, 1.807) is 18.3 Å². The second-order valence-corrected chi connectivity index (χ2v) is 7.56. The Morgan fingerprint density at radius 3 is 2.41 bits per heavy atom. The molecule has 0 bridgehead atoms. The van der Waals surface area contributed by atoms with E-state index in [0.29, 0.717) is 5.76 Å². The monoisotopic (exact) mass is 427 g/mol. The van der Waals surface area contributed by atoms with Gasteiger partial charge >= 0.3 is 5.91 Å². The number of amides is 1. The predicted octanol–water partition coefficient (Wildman–Crippen LogP) is 5.34. The normalized spacial score (nSPS) is 11.1. The molecule has 1 N–H and O–H groups in total. The lowest BCUT2D eigenvalue weighted by Gasteiger charge is -2.10. The summed E-state index contributed by atoms with van der Waals surface area (Å²) in [6, 6.07) is 23.2. The van der Waals surface area contributed by atoms with Gasteiger partial charge in [-0.3, -0.25) is 4.79 Å². The number of nitrogens with one attached hydrogen (secondary N) is 1. The van der Waals surface area contributed by atoms with Gasteiger partial charge in [-0.15, -0.1) is 0 Å². The molecule has 2 aromatic heterocycles. The number of benzene rings is 2. The van der Waals surface area contributed by atoms with Crippen LogP contribution >= 0.6 is 0 Å². The minimum absolute atomic E-state index is 0.180. The zero-order valence-corrected chi connectivity index (χ0v) is 18.3. The fraction of sp³-hybridized carbons (Fsp3) is 0.154. The Bertz CT molecular complexity index is 1230. The number of carbonyl (C=O) groups is 1. The van der Waals surface area contributed by atoms with E-state index in [0.717, 1.165) is 22.6 Å². The van der Waals surface area contributed by atoms with E-state index in [1.807, 2.05) is 55.5 Å². The third-order valence-corrected chi connectivity index (χ3v) is 5.19. The van der Waals surface area contributed by atoms with Crippen molar-refractivity contribution in [2.45, 2.75) is 27.4 Å². The summed E-state index contributed by atoms with van der Waals surface area (Å²) < 4.78 is 13.6. The Labute approximate surface area is 187 Å². The van der Waals surface area contributed by atoms with E-state index in [2.05, 4.69) is 41.1 Å². The molecule has 6 nitrogen and oxygen atoms in total. The number of furan rings is 1. The van der Waals surface area contributed by atoms with Gasteiger partial charge in [-0.1, -0.05) is 24.3 Å². The Morgan fingerprint density at radius 2 is 1.69 bits per heavy atom. The molecule has 4 aromatic rings. The van der Waals surface area contributed by atoms with Gasteiger partial charge in [0, 0.05) is 17.1 Å². The predicted molar refractivity (Wildman–Crippen MR) is 125 cm³/mol. The fourth-order valence-electron chi connectivity index (χ4n) is 3.45. The van der Waals surface area contributed by atoms with Crippen molar-refractivity contribution >= 4 is 12.1 Å². The van der Waals surface area contributed by atoms with Crippen LogP contribution in [0.15, 0.2) is 82.3 Å². The van der Waals surface area contributed by atoms with Crippen LogP contribution in [0.25, 0.3) is 5.69 Å². The maximum absolute atomic E-state index is 12.3. The largest absolute Gasteiger partial charge is 0.486 e. The summed E-state index contributed by atoms with van der Waals surface area (Å²) in [5.41, 5.74) is 7.95. The summed E-state index contributed by atoms with van der Waals surface area (Å²) in [5.74, 6) is 1.04. The number of rotatable bonds is 7. The fourth-order valence-corrected chi connectivity index (χ4v) is 3.45. The quantitative estimate of drug-likeness (QED) is 0.320. The van der Waals surface area contributed by atoms with Gasteiger partial charge in [-0.2, -0.15) is 5.10 Å². The summed E-state index contributed by atoms with van der Waals surface area (Å²) in [5, 5.41) is 4.01. The lowest BCUT2D eigenvalue weighted by molar-refractivity contribution is 0.0923. The molecule has 0 spiro atoms. The number of hydrogen-bond donors (Lipinski definition) is 1. The van der Waals surface area contributed by atoms with Gasteiger partial charge in [0.15, 0.2) is 5.76 Å². The van der Waals surface area contributed by atoms with Crippen molar-refractivity contribution in [2.24, 2.45) is 5.10 Å². The van der Waals surface area contributed by atoms with Crippen molar-refractivity contribution in [3.05, 3.63) is 107 Å². The highest BCUT2D eigenvalue weighted by atomic mass is 16.5. The molecule has 6 heteroatoms. The van der Waals surface area contributed by atoms with E-state index in [-0.39, 0.29) is 12.4 Å². The number of aryl methyl sites for hydroxylation is 3. The maximum Gasteiger partial charge on any atom is 0.307 e. The van der Waals surface area contributed by atoms with Gasteiger partial charge in [-0.05, 0) is 80.4 Å². The van der Waals surface area contributed by atoms with Crippen LogP contribution < -0.4 is 10.2 Å². The number of carbonyl (C=O) groups excluding carboxylic acids is 1. The first kappa shape index (κ1) is 21.2. The molecule has 0 unspecified atom stereocenters. The topological polar surface area (TPSA) is 68.8 Å². The third kappa shape index (κ3) is 4.81. The number of nitrogens with zero attached hydrogens (tertiary/aromatic N) is 2. The van der Waals surface area contributed by atoms with Crippen molar-refractivity contribution in [1.29, 1.82) is 0 Å². The van der Waals surface area contributed by atoms with Crippen LogP contribution in [0, 0.1) is 20.8 Å². The van der Waals surface area contributed by atoms with Crippen molar-refractivity contribution in [3.63, 3.8) is 0 Å². The van der Waals surface area contributed by atoms with E-state index < -0.39 is 5.91 Å². The first-order valence-corrected chi connectivity index (χ1v) is 10.4. The molecule has 4 rings (SSSR count). The Morgan fingerprint density at radius 1 is 0.969 bits per heavy atom. The summed E-state index contributed by atoms with van der Waals surface area (Å²) in [6.07, 6.45) is 1.61. The zero-order valence-electron chi connectivity index (χ0n) is 18.3. The highest BCUT2D eigenvalue weighted by Crippen LogP contribution is 2.21.